The zero-order valence-corrected chi connectivity index (χ0v) is 15.2. The van der Waals surface area contributed by atoms with E-state index >= 15 is 0 Å². The fourth-order valence-corrected chi connectivity index (χ4v) is 4.13. The van der Waals surface area contributed by atoms with Crippen molar-refractivity contribution in [1.82, 2.24) is 25.1 Å². The number of nitrogens with zero attached hydrogens (tertiary/aromatic N) is 3. The zero-order valence-electron chi connectivity index (χ0n) is 15.2. The summed E-state index contributed by atoms with van der Waals surface area (Å²) in [5.41, 5.74) is 0.104. The summed E-state index contributed by atoms with van der Waals surface area (Å²) in [7, 11) is 0. The van der Waals surface area contributed by atoms with Gasteiger partial charge >= 0.3 is 6.03 Å². The van der Waals surface area contributed by atoms with Gasteiger partial charge in [-0.15, -0.1) is 0 Å². The Labute approximate surface area is 150 Å². The monoisotopic (exact) mass is 349 g/mol. The van der Waals surface area contributed by atoms with Crippen LogP contribution < -0.4 is 10.6 Å². The summed E-state index contributed by atoms with van der Waals surface area (Å²) in [6.45, 7) is 7.00. The van der Waals surface area contributed by atoms with Crippen molar-refractivity contribution in [3.63, 3.8) is 0 Å². The molecule has 2 heterocycles. The maximum atomic E-state index is 12.4. The molecule has 1 aromatic heterocycles. The molecule has 1 aliphatic heterocycles. The predicted octanol–water partition coefficient (Wildman–Crippen LogP) is 1.61. The number of imidazole rings is 1. The zero-order chi connectivity index (χ0) is 17.5. The van der Waals surface area contributed by atoms with Gasteiger partial charge in [0.1, 0.15) is 0 Å². The Kier molecular flexibility index (Phi) is 6.31. The van der Waals surface area contributed by atoms with Gasteiger partial charge in [0, 0.05) is 50.2 Å². The molecule has 2 fully saturated rings. The maximum absolute atomic E-state index is 12.4. The SMILES string of the molecule is C[C@H](Cn1ccnc1)NC(=O)NCC1(N2CCOCC2)CCCCC1. The maximum Gasteiger partial charge on any atom is 0.315 e. The number of carbonyl (C=O) groups is 1. The van der Waals surface area contributed by atoms with E-state index in [1.165, 1.54) is 19.3 Å². The van der Waals surface area contributed by atoms with Crippen LogP contribution in [0.2, 0.25) is 0 Å². The van der Waals surface area contributed by atoms with Crippen molar-refractivity contribution in [2.45, 2.75) is 57.2 Å². The Morgan fingerprint density at radius 1 is 1.28 bits per heavy atom. The van der Waals surface area contributed by atoms with Gasteiger partial charge < -0.3 is 19.9 Å². The Morgan fingerprint density at radius 2 is 2.04 bits per heavy atom. The molecule has 1 saturated heterocycles. The second-order valence-electron chi connectivity index (χ2n) is 7.37. The summed E-state index contributed by atoms with van der Waals surface area (Å²) < 4.78 is 7.49. The van der Waals surface area contributed by atoms with Gasteiger partial charge in [-0.25, -0.2) is 9.78 Å². The molecule has 0 bridgehead atoms. The van der Waals surface area contributed by atoms with Crippen LogP contribution in [0.25, 0.3) is 0 Å². The Morgan fingerprint density at radius 3 is 2.72 bits per heavy atom. The number of rotatable bonds is 6. The summed E-state index contributed by atoms with van der Waals surface area (Å²) in [5, 5.41) is 6.18. The second-order valence-corrected chi connectivity index (χ2v) is 7.37. The lowest BCUT2D eigenvalue weighted by molar-refractivity contribution is -0.0357. The summed E-state index contributed by atoms with van der Waals surface area (Å²) in [5.74, 6) is 0. The van der Waals surface area contributed by atoms with Gasteiger partial charge in [0.25, 0.3) is 0 Å². The van der Waals surface area contributed by atoms with E-state index in [1.807, 2.05) is 17.7 Å². The third-order valence-electron chi connectivity index (χ3n) is 5.47. The van der Waals surface area contributed by atoms with Crippen molar-refractivity contribution in [1.29, 1.82) is 0 Å². The van der Waals surface area contributed by atoms with Gasteiger partial charge in [-0.1, -0.05) is 19.3 Å². The molecule has 0 aromatic carbocycles. The first-order chi connectivity index (χ1) is 12.2. The molecule has 1 atom stereocenters. The van der Waals surface area contributed by atoms with E-state index in [4.69, 9.17) is 4.74 Å². The van der Waals surface area contributed by atoms with Crippen molar-refractivity contribution in [2.24, 2.45) is 0 Å². The van der Waals surface area contributed by atoms with E-state index < -0.39 is 0 Å². The topological polar surface area (TPSA) is 71.4 Å². The molecule has 2 aliphatic rings. The van der Waals surface area contributed by atoms with Crippen LogP contribution in [0.5, 0.6) is 0 Å². The minimum Gasteiger partial charge on any atom is -0.379 e. The third-order valence-corrected chi connectivity index (χ3v) is 5.47. The van der Waals surface area contributed by atoms with Crippen LogP contribution in [0.3, 0.4) is 0 Å². The van der Waals surface area contributed by atoms with Gasteiger partial charge in [0.05, 0.1) is 19.5 Å². The molecule has 1 aromatic rings. The molecular weight excluding hydrogens is 318 g/mol. The second kappa shape index (κ2) is 8.67. The number of ether oxygens (including phenoxy) is 1. The number of aromatic nitrogens is 2. The minimum atomic E-state index is -0.0779. The first-order valence-electron chi connectivity index (χ1n) is 9.51. The molecule has 1 saturated carbocycles. The van der Waals surface area contributed by atoms with Crippen LogP contribution in [0.15, 0.2) is 18.7 Å². The lowest BCUT2D eigenvalue weighted by Gasteiger charge is -2.48. The standard InChI is InChI=1S/C18H31N5O2/c1-16(13-22-8-7-19-15-22)21-17(24)20-14-18(5-3-2-4-6-18)23-9-11-25-12-10-23/h7-8,15-16H,2-6,9-14H2,1H3,(H2,20,21,24)/t16-/m1/s1. The quantitative estimate of drug-likeness (QED) is 0.818. The fraction of sp³-hybridized carbons (Fsp3) is 0.778. The lowest BCUT2D eigenvalue weighted by Crippen LogP contribution is -2.60. The lowest BCUT2D eigenvalue weighted by atomic mass is 9.80. The van der Waals surface area contributed by atoms with Crippen molar-refractivity contribution >= 4 is 6.03 Å². The molecule has 0 spiro atoms. The molecule has 7 heteroatoms. The molecule has 0 unspecified atom stereocenters. The van der Waals surface area contributed by atoms with E-state index in [1.54, 1.807) is 12.5 Å². The Balaban J connectivity index is 1.50. The van der Waals surface area contributed by atoms with Crippen LogP contribution >= 0.6 is 0 Å². The highest BCUT2D eigenvalue weighted by Crippen LogP contribution is 2.33. The molecule has 2 N–H and O–H groups in total. The van der Waals surface area contributed by atoms with E-state index in [9.17, 15) is 4.79 Å². The van der Waals surface area contributed by atoms with Crippen molar-refractivity contribution in [3.8, 4) is 0 Å². The highest BCUT2D eigenvalue weighted by molar-refractivity contribution is 5.74. The van der Waals surface area contributed by atoms with Crippen LogP contribution in [0.1, 0.15) is 39.0 Å². The van der Waals surface area contributed by atoms with Gasteiger partial charge in [0.2, 0.25) is 0 Å². The normalized spacial score (nSPS) is 22.3. The third kappa shape index (κ3) is 4.95. The predicted molar refractivity (Wildman–Crippen MR) is 96.4 cm³/mol. The van der Waals surface area contributed by atoms with Crippen LogP contribution in [-0.4, -0.2) is 64.9 Å². The van der Waals surface area contributed by atoms with Crippen LogP contribution in [0.4, 0.5) is 4.79 Å². The highest BCUT2D eigenvalue weighted by Gasteiger charge is 2.38. The first-order valence-corrected chi connectivity index (χ1v) is 9.51. The number of amides is 2. The van der Waals surface area contributed by atoms with Crippen molar-refractivity contribution in [3.05, 3.63) is 18.7 Å². The number of hydrogen-bond donors (Lipinski definition) is 2. The number of hydrogen-bond acceptors (Lipinski definition) is 4. The van der Waals surface area contributed by atoms with Gasteiger partial charge in [-0.05, 0) is 19.8 Å². The fourth-order valence-electron chi connectivity index (χ4n) is 4.13. The van der Waals surface area contributed by atoms with Crippen molar-refractivity contribution in [2.75, 3.05) is 32.8 Å². The Hall–Kier alpha value is -1.60. The summed E-state index contributed by atoms with van der Waals surface area (Å²) >= 11 is 0. The van der Waals surface area contributed by atoms with Gasteiger partial charge in [-0.3, -0.25) is 4.90 Å². The van der Waals surface area contributed by atoms with Crippen LogP contribution in [0, 0.1) is 0 Å². The summed E-state index contributed by atoms with van der Waals surface area (Å²) in [4.78, 5) is 18.9. The first kappa shape index (κ1) is 18.2. The molecule has 25 heavy (non-hydrogen) atoms. The average Bonchev–Trinajstić information content (AvgIpc) is 3.14. The molecule has 140 valence electrons. The molecule has 0 radical (unpaired) electrons. The van der Waals surface area contributed by atoms with E-state index in [-0.39, 0.29) is 17.6 Å². The van der Waals surface area contributed by atoms with E-state index in [0.29, 0.717) is 0 Å². The number of carbonyl (C=O) groups excluding carboxylic acids is 1. The van der Waals surface area contributed by atoms with E-state index in [2.05, 4.69) is 20.5 Å². The van der Waals surface area contributed by atoms with Gasteiger partial charge in [0.15, 0.2) is 0 Å². The summed E-state index contributed by atoms with van der Waals surface area (Å²) in [6.07, 6.45) is 11.6. The molecule has 1 aliphatic carbocycles. The largest absolute Gasteiger partial charge is 0.379 e. The van der Waals surface area contributed by atoms with Gasteiger partial charge in [-0.2, -0.15) is 0 Å². The Bertz CT molecular complexity index is 522. The number of urea groups is 1. The molecule has 3 rings (SSSR count). The summed E-state index contributed by atoms with van der Waals surface area (Å²) in [6, 6.07) is -0.0225. The number of morpholine rings is 1. The number of nitrogens with one attached hydrogen (secondary N) is 2. The highest BCUT2D eigenvalue weighted by atomic mass is 16.5. The average molecular weight is 349 g/mol. The van der Waals surface area contributed by atoms with E-state index in [0.717, 1.165) is 52.2 Å². The molecular formula is C18H31N5O2. The molecule has 7 nitrogen and oxygen atoms in total. The minimum absolute atomic E-state index is 0.0555. The smallest absolute Gasteiger partial charge is 0.315 e. The van der Waals surface area contributed by atoms with Crippen molar-refractivity contribution < 1.29 is 9.53 Å². The molecule has 2 amide bonds. The van der Waals surface area contributed by atoms with Crippen LogP contribution in [-0.2, 0) is 11.3 Å².